The van der Waals surface area contributed by atoms with Gasteiger partial charge in [0.2, 0.25) is 5.91 Å². The van der Waals surface area contributed by atoms with Crippen molar-refractivity contribution < 1.29 is 14.4 Å². The fourth-order valence-electron chi connectivity index (χ4n) is 3.39. The summed E-state index contributed by atoms with van der Waals surface area (Å²) >= 11 is 5.87. The number of hydrazine groups is 1. The number of hydrogen-bond donors (Lipinski definition) is 2. The predicted molar refractivity (Wildman–Crippen MR) is 108 cm³/mol. The van der Waals surface area contributed by atoms with Gasteiger partial charge in [-0.25, -0.2) is 0 Å². The maximum Gasteiger partial charge on any atom is 0.260 e. The van der Waals surface area contributed by atoms with Gasteiger partial charge in [0.15, 0.2) is 0 Å². The number of amides is 3. The molecule has 3 rings (SSSR count). The van der Waals surface area contributed by atoms with Crippen molar-refractivity contribution >= 4 is 29.3 Å². The van der Waals surface area contributed by atoms with E-state index in [0.29, 0.717) is 30.1 Å². The van der Waals surface area contributed by atoms with Crippen molar-refractivity contribution in [1.29, 1.82) is 0 Å². The lowest BCUT2D eigenvalue weighted by Gasteiger charge is -2.32. The highest BCUT2D eigenvalue weighted by atomic mass is 35.5. The minimum absolute atomic E-state index is 0.0196. The number of likely N-dealkylation sites (tertiary alicyclic amines) is 1. The van der Waals surface area contributed by atoms with Gasteiger partial charge in [-0.1, -0.05) is 11.6 Å². The minimum atomic E-state index is -0.381. The Labute approximate surface area is 174 Å². The van der Waals surface area contributed by atoms with E-state index in [2.05, 4.69) is 16.0 Å². The summed E-state index contributed by atoms with van der Waals surface area (Å²) in [5.74, 6) is -1.18. The van der Waals surface area contributed by atoms with E-state index in [1.165, 1.54) is 0 Å². The Kier molecular flexibility index (Phi) is 6.53. The third kappa shape index (κ3) is 5.35. The molecule has 1 fully saturated rings. The molecule has 1 aliphatic rings. The first-order valence-corrected chi connectivity index (χ1v) is 9.86. The molecule has 1 atom stereocenters. The molecule has 0 bridgehead atoms. The average molecular weight is 418 g/mol. The molecule has 0 aliphatic carbocycles. The number of aromatic nitrogens is 2. The third-order valence-electron chi connectivity index (χ3n) is 4.89. The number of nitrogens with zero attached hydrogens (tertiary/aromatic N) is 3. The van der Waals surface area contributed by atoms with Crippen molar-refractivity contribution in [3.63, 3.8) is 0 Å². The average Bonchev–Trinajstić information content (AvgIpc) is 3.03. The molecule has 2 N–H and O–H groups in total. The lowest BCUT2D eigenvalue weighted by molar-refractivity contribution is -0.132. The Morgan fingerprint density at radius 1 is 1.17 bits per heavy atom. The smallest absolute Gasteiger partial charge is 0.260 e. The Balaban J connectivity index is 1.51. The van der Waals surface area contributed by atoms with Gasteiger partial charge in [-0.2, -0.15) is 5.10 Å². The van der Waals surface area contributed by atoms with Crippen LogP contribution in [0.2, 0.25) is 5.02 Å². The number of halogens is 1. The van der Waals surface area contributed by atoms with Crippen molar-refractivity contribution in [3.05, 3.63) is 52.3 Å². The van der Waals surface area contributed by atoms with Gasteiger partial charge < -0.3 is 4.90 Å². The van der Waals surface area contributed by atoms with Gasteiger partial charge in [-0.15, -0.1) is 0 Å². The predicted octanol–water partition coefficient (Wildman–Crippen LogP) is 1.85. The van der Waals surface area contributed by atoms with E-state index < -0.39 is 0 Å². The van der Waals surface area contributed by atoms with Crippen LogP contribution in [0.15, 0.2) is 30.3 Å². The maximum atomic E-state index is 12.7. The van der Waals surface area contributed by atoms with E-state index in [4.69, 9.17) is 11.6 Å². The maximum absolute atomic E-state index is 12.7. The second kappa shape index (κ2) is 9.09. The van der Waals surface area contributed by atoms with Crippen LogP contribution in [0.25, 0.3) is 0 Å². The number of carbonyl (C=O) groups is 3. The normalized spacial score (nSPS) is 16.4. The summed E-state index contributed by atoms with van der Waals surface area (Å²) in [5, 5.41) is 4.78. The second-order valence-corrected chi connectivity index (χ2v) is 7.66. The van der Waals surface area contributed by atoms with Crippen LogP contribution in [-0.2, 0) is 16.1 Å². The van der Waals surface area contributed by atoms with Crippen LogP contribution in [0.1, 0.15) is 34.6 Å². The Hall–Kier alpha value is -2.87. The molecule has 0 saturated carbocycles. The molecule has 9 heteroatoms. The van der Waals surface area contributed by atoms with E-state index in [-0.39, 0.29) is 30.2 Å². The summed E-state index contributed by atoms with van der Waals surface area (Å²) in [6, 6.07) is 8.56. The molecule has 2 aromatic rings. The van der Waals surface area contributed by atoms with Gasteiger partial charge in [0.1, 0.15) is 6.54 Å². The number of hydrogen-bond acceptors (Lipinski definition) is 4. The second-order valence-electron chi connectivity index (χ2n) is 7.22. The first-order valence-electron chi connectivity index (χ1n) is 9.48. The molecule has 154 valence electrons. The van der Waals surface area contributed by atoms with Gasteiger partial charge >= 0.3 is 0 Å². The van der Waals surface area contributed by atoms with Crippen molar-refractivity contribution in [2.45, 2.75) is 33.2 Å². The molecule has 1 saturated heterocycles. The lowest BCUT2D eigenvalue weighted by Crippen LogP contribution is -2.50. The van der Waals surface area contributed by atoms with Crippen LogP contribution < -0.4 is 10.9 Å². The molecule has 1 aromatic carbocycles. The quantitative estimate of drug-likeness (QED) is 0.742. The van der Waals surface area contributed by atoms with E-state index in [0.717, 1.165) is 17.8 Å². The zero-order valence-corrected chi connectivity index (χ0v) is 17.2. The zero-order chi connectivity index (χ0) is 21.0. The number of piperidine rings is 1. The summed E-state index contributed by atoms with van der Waals surface area (Å²) in [7, 11) is 0. The number of benzene rings is 1. The van der Waals surface area contributed by atoms with Gasteiger partial charge in [-0.3, -0.25) is 29.9 Å². The van der Waals surface area contributed by atoms with Crippen LogP contribution in [-0.4, -0.2) is 45.5 Å². The third-order valence-corrected chi connectivity index (χ3v) is 5.14. The highest BCUT2D eigenvalue weighted by molar-refractivity contribution is 6.30. The van der Waals surface area contributed by atoms with Crippen LogP contribution in [0.5, 0.6) is 0 Å². The molecule has 0 spiro atoms. The van der Waals surface area contributed by atoms with Crippen LogP contribution in [0, 0.1) is 19.8 Å². The molecule has 29 heavy (non-hydrogen) atoms. The van der Waals surface area contributed by atoms with Crippen LogP contribution >= 0.6 is 11.6 Å². The fraction of sp³-hybridized carbons (Fsp3) is 0.400. The topological polar surface area (TPSA) is 96.3 Å². The van der Waals surface area contributed by atoms with Gasteiger partial charge in [-0.05, 0) is 57.0 Å². The van der Waals surface area contributed by atoms with Crippen LogP contribution in [0.4, 0.5) is 0 Å². The largest absolute Gasteiger partial charge is 0.338 e. The Bertz CT molecular complexity index is 909. The van der Waals surface area contributed by atoms with Crippen molar-refractivity contribution in [1.82, 2.24) is 25.5 Å². The Morgan fingerprint density at radius 3 is 2.55 bits per heavy atom. The monoisotopic (exact) mass is 417 g/mol. The first-order chi connectivity index (χ1) is 13.8. The summed E-state index contributed by atoms with van der Waals surface area (Å²) in [6.45, 7) is 4.63. The summed E-state index contributed by atoms with van der Waals surface area (Å²) in [6.07, 6.45) is 1.38. The summed E-state index contributed by atoms with van der Waals surface area (Å²) in [4.78, 5) is 38.9. The van der Waals surface area contributed by atoms with E-state index >= 15 is 0 Å². The molecule has 1 aliphatic heterocycles. The van der Waals surface area contributed by atoms with Crippen LogP contribution in [0.3, 0.4) is 0 Å². The zero-order valence-electron chi connectivity index (χ0n) is 16.4. The molecule has 1 unspecified atom stereocenters. The number of aryl methyl sites for hydroxylation is 2. The van der Waals surface area contributed by atoms with Gasteiger partial charge in [0, 0.05) is 29.4 Å². The SMILES string of the molecule is Cc1cc(C)n(CC(=O)NNC(=O)C2CCCN(C(=O)c3ccc(Cl)cc3)C2)n1. The van der Waals surface area contributed by atoms with E-state index in [1.807, 2.05) is 19.9 Å². The highest BCUT2D eigenvalue weighted by Crippen LogP contribution is 2.19. The first kappa shape index (κ1) is 20.9. The lowest BCUT2D eigenvalue weighted by atomic mass is 9.96. The molecule has 8 nitrogen and oxygen atoms in total. The summed E-state index contributed by atoms with van der Waals surface area (Å²) in [5.41, 5.74) is 7.13. The summed E-state index contributed by atoms with van der Waals surface area (Å²) < 4.78 is 1.57. The molecule has 2 heterocycles. The van der Waals surface area contributed by atoms with Crippen molar-refractivity contribution in [2.24, 2.45) is 5.92 Å². The van der Waals surface area contributed by atoms with E-state index in [9.17, 15) is 14.4 Å². The molecule has 3 amide bonds. The molecule has 1 aromatic heterocycles. The van der Waals surface area contributed by atoms with Gasteiger partial charge in [0.05, 0.1) is 11.6 Å². The number of carbonyl (C=O) groups excluding carboxylic acids is 3. The van der Waals surface area contributed by atoms with Gasteiger partial charge in [0.25, 0.3) is 11.8 Å². The standard InChI is InChI=1S/C20H24ClN5O3/c1-13-10-14(2)26(24-13)12-18(27)22-23-19(28)16-4-3-9-25(11-16)20(29)15-5-7-17(21)8-6-15/h5-8,10,16H,3-4,9,11-12H2,1-2H3,(H,22,27)(H,23,28). The number of rotatable bonds is 4. The molecule has 0 radical (unpaired) electrons. The molecular weight excluding hydrogens is 394 g/mol. The van der Waals surface area contributed by atoms with E-state index in [1.54, 1.807) is 33.8 Å². The Morgan fingerprint density at radius 2 is 1.90 bits per heavy atom. The molecular formula is C20H24ClN5O3. The van der Waals surface area contributed by atoms with Crippen molar-refractivity contribution in [2.75, 3.05) is 13.1 Å². The highest BCUT2D eigenvalue weighted by Gasteiger charge is 2.29. The van der Waals surface area contributed by atoms with Crippen molar-refractivity contribution in [3.8, 4) is 0 Å². The fourth-order valence-corrected chi connectivity index (χ4v) is 3.52. The number of nitrogens with one attached hydrogen (secondary N) is 2. The minimum Gasteiger partial charge on any atom is -0.338 e.